The fourth-order valence-corrected chi connectivity index (χ4v) is 8.81. The van der Waals surface area contributed by atoms with Crippen LogP contribution >= 0.6 is 12.2 Å². The van der Waals surface area contributed by atoms with Crippen molar-refractivity contribution in [2.24, 2.45) is 0 Å². The number of nitrogens with zero attached hydrogens (tertiary/aromatic N) is 3. The largest absolute Gasteiger partial charge is 0.497 e. The Labute approximate surface area is 418 Å². The number of fused-ring (bicyclic) bond motifs is 1. The van der Waals surface area contributed by atoms with Gasteiger partial charge in [-0.15, -0.1) is 0 Å². The van der Waals surface area contributed by atoms with E-state index in [1.54, 1.807) is 159 Å². The monoisotopic (exact) mass is 985 g/mol. The van der Waals surface area contributed by atoms with Crippen LogP contribution in [0.15, 0.2) is 169 Å². The van der Waals surface area contributed by atoms with Crippen LogP contribution in [0.2, 0.25) is 0 Å². The summed E-state index contributed by atoms with van der Waals surface area (Å²) in [5.74, 6) is -0.299. The molecule has 15 nitrogen and oxygen atoms in total. The molecule has 1 aliphatic heterocycles. The van der Waals surface area contributed by atoms with Crippen molar-refractivity contribution in [3.05, 3.63) is 196 Å². The minimum absolute atomic E-state index is 0.00566. The molecule has 2 aromatic heterocycles. The molecule has 0 N–H and O–H groups in total. The Hall–Kier alpha value is -8.60. The number of carbonyl (C=O) groups is 3. The third kappa shape index (κ3) is 9.90. The lowest BCUT2D eigenvalue weighted by Gasteiger charge is -2.27. The first kappa shape index (κ1) is 48.4. The van der Waals surface area contributed by atoms with Crippen LogP contribution in [-0.2, 0) is 18.9 Å². The normalized spacial score (nSPS) is 16.1. The molecular formula is C56H47N3O12S. The smallest absolute Gasteiger partial charge is 0.338 e. The first-order chi connectivity index (χ1) is 35.1. The van der Waals surface area contributed by atoms with Gasteiger partial charge in [-0.3, -0.25) is 13.9 Å². The van der Waals surface area contributed by atoms with Gasteiger partial charge < -0.3 is 37.9 Å². The molecule has 3 heterocycles. The van der Waals surface area contributed by atoms with Gasteiger partial charge in [0.1, 0.15) is 24.2 Å². The average Bonchev–Trinajstić information content (AvgIpc) is 3.75. The standard InChI is InChI=1S/C56H47N3O12S/c1-5-67-41-28-24-39(25-29-41)58-51(60)47-42(38-23-30-44(65-3)45(31-38)66-4)32-43(34-21-26-40(64-2)27-22-34)57-50(47)59(56(58)72)52-49(71-55(63)37-19-13-8-14-20-37)48(70-54(62)36-17-11-7-12-18-36)46(69-52)33-68-53(61)35-15-9-6-10-16-35/h6-32,46,48-49,52H,5,33H2,1-4H3/t46-,48-,49-,52-/m1/s1. The summed E-state index contributed by atoms with van der Waals surface area (Å²) in [5, 5.41) is 0.0653. The number of hydrogen-bond donors (Lipinski definition) is 0. The van der Waals surface area contributed by atoms with Crippen molar-refractivity contribution in [2.45, 2.75) is 31.5 Å². The highest BCUT2D eigenvalue weighted by atomic mass is 32.1. The number of esters is 3. The lowest BCUT2D eigenvalue weighted by Crippen LogP contribution is -2.42. The zero-order valence-electron chi connectivity index (χ0n) is 39.5. The van der Waals surface area contributed by atoms with Gasteiger partial charge in [0.15, 0.2) is 40.4 Å². The van der Waals surface area contributed by atoms with Gasteiger partial charge in [0, 0.05) is 11.1 Å². The van der Waals surface area contributed by atoms with Crippen LogP contribution in [0.4, 0.5) is 0 Å². The van der Waals surface area contributed by atoms with Crippen molar-refractivity contribution in [1.29, 1.82) is 0 Å². The second-order valence-corrected chi connectivity index (χ2v) is 16.6. The van der Waals surface area contributed by atoms with Gasteiger partial charge in [-0.2, -0.15) is 0 Å². The molecule has 1 saturated heterocycles. The zero-order valence-corrected chi connectivity index (χ0v) is 40.3. The van der Waals surface area contributed by atoms with Crippen LogP contribution in [0.1, 0.15) is 44.2 Å². The van der Waals surface area contributed by atoms with Gasteiger partial charge in [0.05, 0.1) is 61.4 Å². The van der Waals surface area contributed by atoms with Crippen molar-refractivity contribution in [1.82, 2.24) is 14.1 Å². The van der Waals surface area contributed by atoms with Crippen LogP contribution < -0.4 is 24.5 Å². The summed E-state index contributed by atoms with van der Waals surface area (Å²) in [7, 11) is 4.59. The predicted octanol–water partition coefficient (Wildman–Crippen LogP) is 9.88. The SMILES string of the molecule is CCOc1ccc(-n2c(=O)c3c(-c4ccc(OC)c(OC)c4)cc(-c4ccc(OC)cc4)nc3n([C@@H]3O[C@H](COC(=O)c4ccccc4)[C@@H](OC(=O)c4ccccc4)[C@H]3OC(=O)c3ccccc3)c2=S)cc1. The number of benzene rings is 6. The molecule has 0 spiro atoms. The summed E-state index contributed by atoms with van der Waals surface area (Å²) in [4.78, 5) is 63.0. The van der Waals surface area contributed by atoms with E-state index in [0.29, 0.717) is 57.7 Å². The number of carbonyl (C=O) groups excluding carboxylic acids is 3. The van der Waals surface area contributed by atoms with E-state index in [1.807, 2.05) is 19.1 Å². The first-order valence-electron chi connectivity index (χ1n) is 22.8. The summed E-state index contributed by atoms with van der Waals surface area (Å²) < 4.78 is 50.8. The molecule has 9 rings (SSSR count). The summed E-state index contributed by atoms with van der Waals surface area (Å²) in [6.07, 6.45) is -5.82. The molecule has 0 aliphatic carbocycles. The van der Waals surface area contributed by atoms with Gasteiger partial charge in [-0.25, -0.2) is 19.4 Å². The number of aromatic nitrogens is 3. The van der Waals surface area contributed by atoms with Crippen molar-refractivity contribution in [2.75, 3.05) is 34.5 Å². The van der Waals surface area contributed by atoms with Crippen molar-refractivity contribution in [3.63, 3.8) is 0 Å². The van der Waals surface area contributed by atoms with Crippen LogP contribution in [0.3, 0.4) is 0 Å². The summed E-state index contributed by atoms with van der Waals surface area (Å²) in [6.45, 7) is 1.78. The molecule has 364 valence electrons. The first-order valence-corrected chi connectivity index (χ1v) is 23.2. The van der Waals surface area contributed by atoms with Crippen molar-refractivity contribution < 1.29 is 52.3 Å². The molecule has 4 atom stereocenters. The van der Waals surface area contributed by atoms with Gasteiger partial charge in [0.25, 0.3) is 5.56 Å². The second-order valence-electron chi connectivity index (χ2n) is 16.3. The van der Waals surface area contributed by atoms with E-state index in [-0.39, 0.29) is 32.5 Å². The minimum atomic E-state index is -1.54. The van der Waals surface area contributed by atoms with Gasteiger partial charge in [-0.1, -0.05) is 60.7 Å². The van der Waals surface area contributed by atoms with E-state index in [0.717, 1.165) is 0 Å². The van der Waals surface area contributed by atoms with E-state index >= 15 is 4.79 Å². The maximum absolute atomic E-state index is 15.6. The highest BCUT2D eigenvalue weighted by Crippen LogP contribution is 2.41. The molecule has 0 amide bonds. The Bertz CT molecular complexity index is 3370. The number of hydrogen-bond acceptors (Lipinski definition) is 14. The third-order valence-corrected chi connectivity index (χ3v) is 12.3. The molecule has 6 aromatic carbocycles. The maximum Gasteiger partial charge on any atom is 0.338 e. The Morgan fingerprint density at radius 2 is 1.18 bits per heavy atom. The van der Waals surface area contributed by atoms with E-state index in [2.05, 4.69) is 0 Å². The molecule has 0 saturated carbocycles. The Morgan fingerprint density at radius 1 is 0.625 bits per heavy atom. The summed E-state index contributed by atoms with van der Waals surface area (Å²) in [5.41, 5.74) is 2.36. The van der Waals surface area contributed by atoms with Crippen LogP contribution in [0.25, 0.3) is 39.1 Å². The summed E-state index contributed by atoms with van der Waals surface area (Å²) in [6, 6.07) is 45.8. The van der Waals surface area contributed by atoms with Crippen molar-refractivity contribution >= 4 is 41.2 Å². The Kier molecular flexibility index (Phi) is 14.5. The fourth-order valence-electron chi connectivity index (χ4n) is 8.44. The molecule has 1 fully saturated rings. The predicted molar refractivity (Wildman–Crippen MR) is 270 cm³/mol. The van der Waals surface area contributed by atoms with E-state index < -0.39 is 54.6 Å². The average molecular weight is 986 g/mol. The fraction of sp³-hybridized carbons (Fsp3) is 0.179. The topological polar surface area (TPSA) is 165 Å². The number of pyridine rings is 1. The van der Waals surface area contributed by atoms with E-state index in [9.17, 15) is 14.4 Å². The van der Waals surface area contributed by atoms with E-state index in [4.69, 9.17) is 55.1 Å². The number of rotatable bonds is 16. The van der Waals surface area contributed by atoms with Gasteiger partial charge in [0.2, 0.25) is 0 Å². The van der Waals surface area contributed by atoms with Crippen LogP contribution in [0.5, 0.6) is 23.0 Å². The van der Waals surface area contributed by atoms with Gasteiger partial charge in [-0.05, 0) is 128 Å². The molecular weight excluding hydrogens is 939 g/mol. The van der Waals surface area contributed by atoms with E-state index in [1.165, 1.54) is 23.4 Å². The molecule has 0 radical (unpaired) electrons. The van der Waals surface area contributed by atoms with Crippen LogP contribution in [-0.4, -0.2) is 84.9 Å². The quantitative estimate of drug-likeness (QED) is 0.0510. The number of ether oxygens (including phenoxy) is 8. The summed E-state index contributed by atoms with van der Waals surface area (Å²) >= 11 is 6.39. The molecule has 0 bridgehead atoms. The van der Waals surface area contributed by atoms with Gasteiger partial charge >= 0.3 is 17.9 Å². The molecule has 72 heavy (non-hydrogen) atoms. The van der Waals surface area contributed by atoms with Crippen LogP contribution in [0, 0.1) is 4.77 Å². The van der Waals surface area contributed by atoms with Crippen molar-refractivity contribution in [3.8, 4) is 51.1 Å². The molecule has 1 aliphatic rings. The molecule has 16 heteroatoms. The Balaban J connectivity index is 1.34. The minimum Gasteiger partial charge on any atom is -0.497 e. The lowest BCUT2D eigenvalue weighted by atomic mass is 9.99. The second kappa shape index (κ2) is 21.6. The Morgan fingerprint density at radius 3 is 1.75 bits per heavy atom. The maximum atomic E-state index is 15.6. The highest BCUT2D eigenvalue weighted by molar-refractivity contribution is 7.71. The molecule has 8 aromatic rings. The molecule has 0 unspecified atom stereocenters. The third-order valence-electron chi connectivity index (χ3n) is 12.0. The lowest BCUT2D eigenvalue weighted by molar-refractivity contribution is -0.0617. The number of methoxy groups -OCH3 is 3. The highest BCUT2D eigenvalue weighted by Gasteiger charge is 2.52. The zero-order chi connectivity index (χ0) is 50.3.